The van der Waals surface area contributed by atoms with E-state index in [1.54, 1.807) is 0 Å². The molecule has 0 radical (unpaired) electrons. The molecule has 0 aliphatic carbocycles. The number of aromatic nitrogens is 3. The molecule has 8 aromatic carbocycles. The monoisotopic (exact) mass is 691 g/mol. The molecule has 4 aromatic heterocycles. The summed E-state index contributed by atoms with van der Waals surface area (Å²) in [5.41, 5.74) is 10.9. The maximum Gasteiger partial charge on any atom is 0.137 e. The average molecular weight is 692 g/mol. The van der Waals surface area contributed by atoms with Crippen LogP contribution in [0, 0.1) is 0 Å². The number of rotatable bonds is 4. The van der Waals surface area contributed by atoms with Crippen molar-refractivity contribution in [3.8, 4) is 33.8 Å². The molecule has 0 amide bonds. The number of fused-ring (bicyclic) bond motifs is 7. The second-order valence-electron chi connectivity index (χ2n) is 13.9. The standard InChI is InChI=1S/C49H29N3S/c1-2-12-30(13-3-1)34-18-10-20-36-37-21-11-19-35(49(37)53-48(34)36)32-15-8-16-33(28-32)51-41-23-9-14-31-25-26-39-46-38-17-4-5-22-40(38)52(44-24-6-7-27-50-44)42(46)29-43(51)47(39)45(31)41/h1-29H. The van der Waals surface area contributed by atoms with Crippen LogP contribution in [0.4, 0.5) is 0 Å². The van der Waals surface area contributed by atoms with Gasteiger partial charge in [-0.3, -0.25) is 4.57 Å². The molecular weight excluding hydrogens is 663 g/mol. The number of thiophene rings is 1. The van der Waals surface area contributed by atoms with Crippen LogP contribution in [-0.4, -0.2) is 14.1 Å². The molecule has 0 saturated heterocycles. The Hall–Kier alpha value is -6.75. The molecule has 3 nitrogen and oxygen atoms in total. The Morgan fingerprint density at radius 3 is 1.91 bits per heavy atom. The van der Waals surface area contributed by atoms with E-state index in [2.05, 4.69) is 173 Å². The van der Waals surface area contributed by atoms with E-state index in [1.165, 1.54) is 85.8 Å². The van der Waals surface area contributed by atoms with Crippen LogP contribution < -0.4 is 0 Å². The van der Waals surface area contributed by atoms with Crippen LogP contribution in [-0.2, 0) is 0 Å². The van der Waals surface area contributed by atoms with Gasteiger partial charge in [-0.2, -0.15) is 0 Å². The molecule has 0 aliphatic heterocycles. The number of pyridine rings is 1. The Kier molecular flexibility index (Phi) is 5.93. The van der Waals surface area contributed by atoms with Crippen molar-refractivity contribution in [3.05, 3.63) is 176 Å². The molecule has 0 fully saturated rings. The van der Waals surface area contributed by atoms with Gasteiger partial charge in [-0.25, -0.2) is 4.98 Å². The fourth-order valence-corrected chi connectivity index (χ4v) is 10.3. The molecule has 0 spiro atoms. The highest BCUT2D eigenvalue weighted by Crippen LogP contribution is 2.47. The third kappa shape index (κ3) is 4.01. The van der Waals surface area contributed by atoms with E-state index in [1.807, 2.05) is 23.6 Å². The smallest absolute Gasteiger partial charge is 0.137 e. The van der Waals surface area contributed by atoms with E-state index in [-0.39, 0.29) is 0 Å². The Bertz CT molecular complexity index is 3390. The second kappa shape index (κ2) is 10.9. The zero-order valence-corrected chi connectivity index (χ0v) is 29.3. The lowest BCUT2D eigenvalue weighted by Crippen LogP contribution is -1.97. The fraction of sp³-hybridized carbons (Fsp3) is 0. The van der Waals surface area contributed by atoms with E-state index in [0.29, 0.717) is 0 Å². The molecule has 0 unspecified atom stereocenters. The number of hydrogen-bond donors (Lipinski definition) is 0. The van der Waals surface area contributed by atoms with E-state index >= 15 is 0 Å². The lowest BCUT2D eigenvalue weighted by Gasteiger charge is -2.12. The summed E-state index contributed by atoms with van der Waals surface area (Å²) in [5, 5.41) is 10.3. The number of benzene rings is 8. The summed E-state index contributed by atoms with van der Waals surface area (Å²) in [6.07, 6.45) is 1.88. The minimum Gasteiger partial charge on any atom is -0.309 e. The number of para-hydroxylation sites is 1. The lowest BCUT2D eigenvalue weighted by atomic mass is 9.98. The zero-order chi connectivity index (χ0) is 34.6. The van der Waals surface area contributed by atoms with Crippen molar-refractivity contribution in [2.75, 3.05) is 0 Å². The Morgan fingerprint density at radius 1 is 0.396 bits per heavy atom. The van der Waals surface area contributed by atoms with Gasteiger partial charge >= 0.3 is 0 Å². The highest BCUT2D eigenvalue weighted by atomic mass is 32.1. The average Bonchev–Trinajstić information content (AvgIpc) is 3.89. The minimum atomic E-state index is 0.919. The third-order valence-corrected chi connectivity index (χ3v) is 12.4. The molecule has 12 rings (SSSR count). The molecule has 0 N–H and O–H groups in total. The summed E-state index contributed by atoms with van der Waals surface area (Å²) in [6.45, 7) is 0. The maximum absolute atomic E-state index is 4.84. The molecule has 53 heavy (non-hydrogen) atoms. The molecule has 0 atom stereocenters. The molecule has 4 heterocycles. The van der Waals surface area contributed by atoms with Crippen molar-refractivity contribution in [2.45, 2.75) is 0 Å². The van der Waals surface area contributed by atoms with Gasteiger partial charge in [0.05, 0.1) is 22.1 Å². The van der Waals surface area contributed by atoms with E-state index in [9.17, 15) is 0 Å². The molecule has 0 saturated carbocycles. The van der Waals surface area contributed by atoms with Crippen LogP contribution in [0.5, 0.6) is 0 Å². The first-order valence-corrected chi connectivity index (χ1v) is 18.9. The fourth-order valence-electron chi connectivity index (χ4n) is 8.92. The van der Waals surface area contributed by atoms with Gasteiger partial charge in [0.25, 0.3) is 0 Å². The molecule has 0 aliphatic rings. The van der Waals surface area contributed by atoms with E-state index < -0.39 is 0 Å². The predicted molar refractivity (Wildman–Crippen MR) is 225 cm³/mol. The second-order valence-corrected chi connectivity index (χ2v) is 14.9. The van der Waals surface area contributed by atoms with E-state index in [4.69, 9.17) is 4.98 Å². The van der Waals surface area contributed by atoms with Crippen molar-refractivity contribution in [3.63, 3.8) is 0 Å². The molecule has 246 valence electrons. The van der Waals surface area contributed by atoms with Crippen LogP contribution in [0.3, 0.4) is 0 Å². The Balaban J connectivity index is 1.14. The minimum absolute atomic E-state index is 0.919. The maximum atomic E-state index is 4.84. The predicted octanol–water partition coefficient (Wildman–Crippen LogP) is 13.6. The van der Waals surface area contributed by atoms with Gasteiger partial charge in [0, 0.05) is 53.6 Å². The van der Waals surface area contributed by atoms with Gasteiger partial charge in [-0.15, -0.1) is 11.3 Å². The van der Waals surface area contributed by atoms with Gasteiger partial charge in [0.15, 0.2) is 0 Å². The summed E-state index contributed by atoms with van der Waals surface area (Å²) < 4.78 is 7.46. The normalized spacial score (nSPS) is 12.2. The summed E-state index contributed by atoms with van der Waals surface area (Å²) in [5.74, 6) is 0.919. The first-order chi connectivity index (χ1) is 26.3. The number of nitrogens with zero attached hydrogens (tertiary/aromatic N) is 3. The summed E-state index contributed by atoms with van der Waals surface area (Å²) >= 11 is 1.90. The number of hydrogen-bond acceptors (Lipinski definition) is 2. The third-order valence-electron chi connectivity index (χ3n) is 11.1. The first kappa shape index (κ1) is 28.9. The van der Waals surface area contributed by atoms with Gasteiger partial charge in [-0.05, 0) is 75.5 Å². The van der Waals surface area contributed by atoms with Crippen LogP contribution in [0.15, 0.2) is 176 Å². The molecular formula is C49H29N3S. The van der Waals surface area contributed by atoms with Crippen LogP contribution in [0.25, 0.3) is 108 Å². The topological polar surface area (TPSA) is 22.8 Å². The van der Waals surface area contributed by atoms with E-state index in [0.717, 1.165) is 22.5 Å². The van der Waals surface area contributed by atoms with Gasteiger partial charge in [-0.1, -0.05) is 127 Å². The van der Waals surface area contributed by atoms with Crippen LogP contribution in [0.2, 0.25) is 0 Å². The summed E-state index contributed by atoms with van der Waals surface area (Å²) in [6, 6.07) is 62.0. The van der Waals surface area contributed by atoms with Crippen LogP contribution >= 0.6 is 11.3 Å². The highest BCUT2D eigenvalue weighted by Gasteiger charge is 2.23. The highest BCUT2D eigenvalue weighted by molar-refractivity contribution is 7.26. The first-order valence-electron chi connectivity index (χ1n) is 18.0. The summed E-state index contributed by atoms with van der Waals surface area (Å²) in [4.78, 5) is 4.84. The van der Waals surface area contributed by atoms with Crippen molar-refractivity contribution in [2.24, 2.45) is 0 Å². The zero-order valence-electron chi connectivity index (χ0n) is 28.5. The molecule has 12 aromatic rings. The van der Waals surface area contributed by atoms with Crippen molar-refractivity contribution in [1.29, 1.82) is 0 Å². The van der Waals surface area contributed by atoms with Crippen molar-refractivity contribution >= 4 is 85.9 Å². The lowest BCUT2D eigenvalue weighted by molar-refractivity contribution is 1.08. The van der Waals surface area contributed by atoms with Gasteiger partial charge in [0.1, 0.15) is 5.82 Å². The van der Waals surface area contributed by atoms with Crippen molar-refractivity contribution < 1.29 is 0 Å². The largest absolute Gasteiger partial charge is 0.309 e. The SMILES string of the molecule is c1ccc(-c2cccc3c2sc2c(-c4cccc(-n5c6cccc7ccc8c9c%10ccccc%10n(-c%10ccccn%10)c9cc5c8c76)c4)cccc23)cc1. The van der Waals surface area contributed by atoms with Crippen LogP contribution in [0.1, 0.15) is 0 Å². The van der Waals surface area contributed by atoms with Gasteiger partial charge in [0.2, 0.25) is 0 Å². The Morgan fingerprint density at radius 2 is 1.08 bits per heavy atom. The van der Waals surface area contributed by atoms with Crippen molar-refractivity contribution in [1.82, 2.24) is 14.1 Å². The molecule has 4 heteroatoms. The molecule has 0 bridgehead atoms. The quantitative estimate of drug-likeness (QED) is 0.168. The Labute approximate surface area is 308 Å². The van der Waals surface area contributed by atoms with Gasteiger partial charge < -0.3 is 4.57 Å². The summed E-state index contributed by atoms with van der Waals surface area (Å²) in [7, 11) is 0.